The molecule has 1 aliphatic rings. The standard InChI is InChI=1S/C14H17F2N3O2/c1-8-6-11(16)9(7-10(8)15)14(2)12(20)18-13(19-14)17-4-5-21-3/h6-7H,4-5H2,1-3H3,(H2,17,18,19,20). The first-order chi connectivity index (χ1) is 9.88. The van der Waals surface area contributed by atoms with Gasteiger partial charge in [-0.05, 0) is 31.5 Å². The lowest BCUT2D eigenvalue weighted by molar-refractivity contribution is -0.123. The molecule has 114 valence electrons. The van der Waals surface area contributed by atoms with Crippen LogP contribution in [-0.2, 0) is 15.1 Å². The summed E-state index contributed by atoms with van der Waals surface area (Å²) in [7, 11) is 1.54. The summed E-state index contributed by atoms with van der Waals surface area (Å²) >= 11 is 0. The monoisotopic (exact) mass is 297 g/mol. The van der Waals surface area contributed by atoms with Crippen LogP contribution in [0.5, 0.6) is 0 Å². The second-order valence-corrected chi connectivity index (χ2v) is 5.01. The minimum absolute atomic E-state index is 0.0555. The van der Waals surface area contributed by atoms with Gasteiger partial charge in [-0.1, -0.05) is 0 Å². The Morgan fingerprint density at radius 3 is 2.71 bits per heavy atom. The number of aryl methyl sites for hydroxylation is 1. The van der Waals surface area contributed by atoms with Crippen LogP contribution in [0, 0.1) is 18.6 Å². The molecular weight excluding hydrogens is 280 g/mol. The number of nitrogens with zero attached hydrogens (tertiary/aromatic N) is 1. The Morgan fingerprint density at radius 2 is 2.05 bits per heavy atom. The fourth-order valence-corrected chi connectivity index (χ4v) is 2.10. The first-order valence-corrected chi connectivity index (χ1v) is 6.47. The summed E-state index contributed by atoms with van der Waals surface area (Å²) in [4.78, 5) is 16.2. The summed E-state index contributed by atoms with van der Waals surface area (Å²) in [5.41, 5.74) is -1.27. The van der Waals surface area contributed by atoms with Gasteiger partial charge in [-0.25, -0.2) is 8.78 Å². The van der Waals surface area contributed by atoms with Crippen LogP contribution in [0.2, 0.25) is 0 Å². The number of amides is 1. The molecule has 1 aromatic carbocycles. The predicted molar refractivity (Wildman–Crippen MR) is 73.9 cm³/mol. The van der Waals surface area contributed by atoms with Gasteiger partial charge in [0.1, 0.15) is 17.2 Å². The van der Waals surface area contributed by atoms with Crippen molar-refractivity contribution in [1.82, 2.24) is 10.6 Å². The van der Waals surface area contributed by atoms with E-state index in [4.69, 9.17) is 4.74 Å². The molecule has 0 bridgehead atoms. The number of aliphatic imine (C=N–C) groups is 1. The summed E-state index contributed by atoms with van der Waals surface area (Å²) in [5.74, 6) is -1.47. The van der Waals surface area contributed by atoms with Gasteiger partial charge < -0.3 is 10.1 Å². The molecule has 21 heavy (non-hydrogen) atoms. The number of carbonyl (C=O) groups excluding carboxylic acids is 1. The lowest BCUT2D eigenvalue weighted by Gasteiger charge is -2.22. The van der Waals surface area contributed by atoms with E-state index in [1.807, 2.05) is 0 Å². The number of carbonyl (C=O) groups is 1. The molecule has 1 aromatic rings. The van der Waals surface area contributed by atoms with Gasteiger partial charge in [-0.15, -0.1) is 0 Å². The van der Waals surface area contributed by atoms with E-state index in [1.165, 1.54) is 21.0 Å². The SMILES string of the molecule is COCCN=C1NC(=O)C(C)(c2cc(F)c(C)cc2F)N1. The molecular formula is C14H17F2N3O2. The van der Waals surface area contributed by atoms with Gasteiger partial charge >= 0.3 is 0 Å². The predicted octanol–water partition coefficient (Wildman–Crippen LogP) is 1.21. The molecule has 1 heterocycles. The molecule has 1 aliphatic heterocycles. The van der Waals surface area contributed by atoms with Gasteiger partial charge in [-0.3, -0.25) is 15.1 Å². The Bertz CT molecular complexity index is 604. The number of ether oxygens (including phenoxy) is 1. The number of hydrogen-bond donors (Lipinski definition) is 2. The molecule has 0 aromatic heterocycles. The highest BCUT2D eigenvalue weighted by Gasteiger charge is 2.44. The zero-order valence-corrected chi connectivity index (χ0v) is 12.1. The van der Waals surface area contributed by atoms with E-state index in [0.29, 0.717) is 13.2 Å². The van der Waals surface area contributed by atoms with Crippen molar-refractivity contribution in [2.45, 2.75) is 19.4 Å². The molecule has 0 aliphatic carbocycles. The van der Waals surface area contributed by atoms with E-state index in [-0.39, 0.29) is 17.1 Å². The van der Waals surface area contributed by atoms with Crippen molar-refractivity contribution in [3.63, 3.8) is 0 Å². The highest BCUT2D eigenvalue weighted by molar-refractivity contribution is 6.09. The van der Waals surface area contributed by atoms with Gasteiger partial charge in [-0.2, -0.15) is 0 Å². The Hall–Kier alpha value is -2.02. The van der Waals surface area contributed by atoms with Crippen LogP contribution < -0.4 is 10.6 Å². The van der Waals surface area contributed by atoms with E-state index < -0.39 is 23.1 Å². The zero-order chi connectivity index (χ0) is 15.6. The Labute approximate surface area is 121 Å². The maximum atomic E-state index is 14.1. The minimum Gasteiger partial charge on any atom is -0.383 e. The molecule has 1 amide bonds. The summed E-state index contributed by atoms with van der Waals surface area (Å²) < 4.78 is 32.6. The number of guanidine groups is 1. The maximum absolute atomic E-state index is 14.1. The molecule has 0 spiro atoms. The summed E-state index contributed by atoms with van der Waals surface area (Å²) in [6.45, 7) is 3.68. The average Bonchev–Trinajstić information content (AvgIpc) is 2.70. The Kier molecular flexibility index (Phi) is 4.22. The van der Waals surface area contributed by atoms with Crippen LogP contribution in [-0.4, -0.2) is 32.1 Å². The Morgan fingerprint density at radius 1 is 1.33 bits per heavy atom. The lowest BCUT2D eigenvalue weighted by Crippen LogP contribution is -2.41. The lowest BCUT2D eigenvalue weighted by atomic mass is 9.91. The van der Waals surface area contributed by atoms with E-state index >= 15 is 0 Å². The molecule has 5 nitrogen and oxygen atoms in total. The number of rotatable bonds is 4. The van der Waals surface area contributed by atoms with Gasteiger partial charge in [0.25, 0.3) is 5.91 Å². The van der Waals surface area contributed by atoms with Crippen LogP contribution in [0.3, 0.4) is 0 Å². The summed E-state index contributed by atoms with van der Waals surface area (Å²) in [6.07, 6.45) is 0. The highest BCUT2D eigenvalue weighted by atomic mass is 19.1. The molecule has 0 saturated carbocycles. The third kappa shape index (κ3) is 2.87. The number of hydrogen-bond acceptors (Lipinski definition) is 3. The third-order valence-corrected chi connectivity index (χ3v) is 3.41. The fraction of sp³-hybridized carbons (Fsp3) is 0.429. The first kappa shape index (κ1) is 15.4. The van der Waals surface area contributed by atoms with Crippen LogP contribution in [0.1, 0.15) is 18.1 Å². The van der Waals surface area contributed by atoms with Crippen molar-refractivity contribution in [2.75, 3.05) is 20.3 Å². The zero-order valence-electron chi connectivity index (χ0n) is 12.1. The molecule has 7 heteroatoms. The van der Waals surface area contributed by atoms with E-state index in [9.17, 15) is 13.6 Å². The maximum Gasteiger partial charge on any atom is 0.256 e. The molecule has 1 fully saturated rings. The summed E-state index contributed by atoms with van der Waals surface area (Å²) in [6, 6.07) is 2.11. The van der Waals surface area contributed by atoms with Crippen molar-refractivity contribution in [3.8, 4) is 0 Å². The highest BCUT2D eigenvalue weighted by Crippen LogP contribution is 2.28. The second-order valence-electron chi connectivity index (χ2n) is 5.01. The fourth-order valence-electron chi connectivity index (χ4n) is 2.10. The minimum atomic E-state index is -1.40. The van der Waals surface area contributed by atoms with Crippen molar-refractivity contribution < 1.29 is 18.3 Å². The van der Waals surface area contributed by atoms with Crippen LogP contribution in [0.25, 0.3) is 0 Å². The topological polar surface area (TPSA) is 62.7 Å². The summed E-state index contributed by atoms with van der Waals surface area (Å²) in [5, 5.41) is 5.33. The van der Waals surface area contributed by atoms with Gasteiger partial charge in [0.2, 0.25) is 0 Å². The second kappa shape index (κ2) is 5.77. The van der Waals surface area contributed by atoms with Gasteiger partial charge in [0.15, 0.2) is 5.96 Å². The number of halogens is 2. The van der Waals surface area contributed by atoms with Crippen LogP contribution >= 0.6 is 0 Å². The molecule has 1 unspecified atom stereocenters. The van der Waals surface area contributed by atoms with Crippen molar-refractivity contribution >= 4 is 11.9 Å². The van der Waals surface area contributed by atoms with E-state index in [0.717, 1.165) is 12.1 Å². The van der Waals surface area contributed by atoms with Crippen molar-refractivity contribution in [1.29, 1.82) is 0 Å². The van der Waals surface area contributed by atoms with E-state index in [1.54, 1.807) is 0 Å². The molecule has 1 atom stereocenters. The average molecular weight is 297 g/mol. The normalized spacial score (nSPS) is 23.3. The molecule has 2 rings (SSSR count). The van der Waals surface area contributed by atoms with Gasteiger partial charge in [0, 0.05) is 12.7 Å². The van der Waals surface area contributed by atoms with Gasteiger partial charge in [0.05, 0.1) is 13.2 Å². The molecule has 1 saturated heterocycles. The quantitative estimate of drug-likeness (QED) is 0.821. The smallest absolute Gasteiger partial charge is 0.256 e. The Balaban J connectivity index is 2.32. The molecule has 2 N–H and O–H groups in total. The van der Waals surface area contributed by atoms with Crippen molar-refractivity contribution in [3.05, 3.63) is 34.9 Å². The van der Waals surface area contributed by atoms with Crippen LogP contribution in [0.15, 0.2) is 17.1 Å². The number of benzene rings is 1. The largest absolute Gasteiger partial charge is 0.383 e. The van der Waals surface area contributed by atoms with Crippen LogP contribution in [0.4, 0.5) is 8.78 Å². The third-order valence-electron chi connectivity index (χ3n) is 3.41. The number of methoxy groups -OCH3 is 1. The molecule has 0 radical (unpaired) electrons. The van der Waals surface area contributed by atoms with E-state index in [2.05, 4.69) is 15.6 Å². The number of nitrogens with one attached hydrogen (secondary N) is 2. The first-order valence-electron chi connectivity index (χ1n) is 6.47. The van der Waals surface area contributed by atoms with Crippen molar-refractivity contribution in [2.24, 2.45) is 4.99 Å².